The Hall–Kier alpha value is -1.29. The molecule has 0 aliphatic rings. The summed E-state index contributed by atoms with van der Waals surface area (Å²) in [5.74, 6) is 0.568. The third kappa shape index (κ3) is 7.08. The zero-order valence-corrected chi connectivity index (χ0v) is 15.4. The first kappa shape index (κ1) is 20.8. The van der Waals surface area contributed by atoms with Crippen LogP contribution in [0.5, 0.6) is 5.75 Å². The van der Waals surface area contributed by atoms with Crippen molar-refractivity contribution in [1.82, 2.24) is 5.32 Å². The Bertz CT molecular complexity index is 605. The number of halogens is 3. The Morgan fingerprint density at radius 3 is 2.54 bits per heavy atom. The smallest absolute Gasteiger partial charge is 0.124 e. The topological polar surface area (TPSA) is 21.3 Å². The molecule has 0 heterocycles. The van der Waals surface area contributed by atoms with Crippen LogP contribution in [0.4, 0.5) is 4.39 Å². The largest absolute Gasteiger partial charge is 0.489 e. The molecule has 0 unspecified atom stereocenters. The second kappa shape index (κ2) is 11.3. The molecule has 0 atom stereocenters. The molecule has 2 nitrogen and oxygen atoms in total. The van der Waals surface area contributed by atoms with Crippen LogP contribution in [0.25, 0.3) is 0 Å². The number of hydrogen-bond acceptors (Lipinski definition) is 2. The fraction of sp³-hybridized carbons (Fsp3) is 0.368. The Morgan fingerprint density at radius 2 is 1.83 bits per heavy atom. The second-order valence-electron chi connectivity index (χ2n) is 5.55. The first-order chi connectivity index (χ1) is 11.2. The number of benzene rings is 2. The first-order valence-corrected chi connectivity index (χ1v) is 8.43. The van der Waals surface area contributed by atoms with Crippen molar-refractivity contribution in [2.24, 2.45) is 0 Å². The Kier molecular flexibility index (Phi) is 9.77. The van der Waals surface area contributed by atoms with E-state index in [2.05, 4.69) is 12.2 Å². The lowest BCUT2D eigenvalue weighted by atomic mass is 10.2. The second-order valence-corrected chi connectivity index (χ2v) is 5.99. The fourth-order valence-electron chi connectivity index (χ4n) is 2.29. The molecule has 0 aliphatic carbocycles. The van der Waals surface area contributed by atoms with Gasteiger partial charge in [-0.05, 0) is 48.9 Å². The highest BCUT2D eigenvalue weighted by molar-refractivity contribution is 6.30. The fourth-order valence-corrected chi connectivity index (χ4v) is 2.49. The van der Waals surface area contributed by atoms with E-state index in [1.54, 1.807) is 12.1 Å². The van der Waals surface area contributed by atoms with E-state index in [0.29, 0.717) is 11.6 Å². The monoisotopic (exact) mass is 371 g/mol. The van der Waals surface area contributed by atoms with Crippen LogP contribution in [0.2, 0.25) is 5.02 Å². The molecule has 2 rings (SSSR count). The van der Waals surface area contributed by atoms with Gasteiger partial charge in [0.15, 0.2) is 0 Å². The molecule has 0 aliphatic heterocycles. The molecule has 0 amide bonds. The Labute approximate surface area is 154 Å². The first-order valence-electron chi connectivity index (χ1n) is 8.05. The average Bonchev–Trinajstić information content (AvgIpc) is 2.55. The van der Waals surface area contributed by atoms with Crippen molar-refractivity contribution < 1.29 is 9.13 Å². The molecule has 0 saturated heterocycles. The van der Waals surface area contributed by atoms with Crippen molar-refractivity contribution in [3.05, 3.63) is 64.4 Å². The van der Waals surface area contributed by atoms with Crippen molar-refractivity contribution in [2.45, 2.75) is 39.3 Å². The number of nitrogens with one attached hydrogen (secondary N) is 1. The van der Waals surface area contributed by atoms with Crippen molar-refractivity contribution >= 4 is 24.0 Å². The molecule has 132 valence electrons. The van der Waals surface area contributed by atoms with Gasteiger partial charge in [-0.1, -0.05) is 43.5 Å². The summed E-state index contributed by atoms with van der Waals surface area (Å²) in [6, 6.07) is 12.0. The molecule has 1 N–H and O–H groups in total. The van der Waals surface area contributed by atoms with Gasteiger partial charge in [0, 0.05) is 17.1 Å². The molecule has 0 radical (unpaired) electrons. The molecule has 2 aromatic rings. The van der Waals surface area contributed by atoms with Gasteiger partial charge in [0.25, 0.3) is 0 Å². The number of unbranched alkanes of at least 4 members (excludes halogenated alkanes) is 2. The van der Waals surface area contributed by atoms with Crippen LogP contribution in [0.15, 0.2) is 42.5 Å². The quantitative estimate of drug-likeness (QED) is 0.565. The van der Waals surface area contributed by atoms with E-state index in [1.165, 1.54) is 31.4 Å². The Morgan fingerprint density at radius 1 is 1.08 bits per heavy atom. The van der Waals surface area contributed by atoms with Crippen LogP contribution in [-0.2, 0) is 13.2 Å². The third-order valence-electron chi connectivity index (χ3n) is 3.60. The molecular formula is C19H24Cl2FNO. The van der Waals surface area contributed by atoms with E-state index >= 15 is 0 Å². The van der Waals surface area contributed by atoms with Gasteiger partial charge in [0.1, 0.15) is 18.2 Å². The lowest BCUT2D eigenvalue weighted by molar-refractivity contribution is 0.302. The standard InChI is InChI=1S/C19H23ClFNO.ClH/c1-2-3-4-11-22-13-16-12-17(20)7-10-19(16)23-14-15-5-8-18(21)9-6-15;/h5-10,12,22H,2-4,11,13-14H2,1H3;1H. The summed E-state index contributed by atoms with van der Waals surface area (Å²) in [5.41, 5.74) is 1.97. The number of ether oxygens (including phenoxy) is 1. The molecule has 0 aromatic heterocycles. The molecular weight excluding hydrogens is 348 g/mol. The van der Waals surface area contributed by atoms with Crippen molar-refractivity contribution in [2.75, 3.05) is 6.54 Å². The van der Waals surface area contributed by atoms with Gasteiger partial charge < -0.3 is 10.1 Å². The summed E-state index contributed by atoms with van der Waals surface area (Å²) in [6.07, 6.45) is 3.62. The van der Waals surface area contributed by atoms with E-state index in [4.69, 9.17) is 16.3 Å². The minimum atomic E-state index is -0.239. The van der Waals surface area contributed by atoms with Gasteiger partial charge in [-0.25, -0.2) is 4.39 Å². The minimum Gasteiger partial charge on any atom is -0.489 e. The summed E-state index contributed by atoms with van der Waals surface area (Å²) in [6.45, 7) is 4.31. The highest BCUT2D eigenvalue weighted by Crippen LogP contribution is 2.24. The van der Waals surface area contributed by atoms with E-state index in [1.807, 2.05) is 18.2 Å². The SMILES string of the molecule is CCCCCNCc1cc(Cl)ccc1OCc1ccc(F)cc1.Cl. The van der Waals surface area contributed by atoms with Crippen LogP contribution >= 0.6 is 24.0 Å². The highest BCUT2D eigenvalue weighted by atomic mass is 35.5. The maximum absolute atomic E-state index is 12.9. The minimum absolute atomic E-state index is 0. The normalized spacial score (nSPS) is 10.3. The van der Waals surface area contributed by atoms with Crippen molar-refractivity contribution in [1.29, 1.82) is 0 Å². The summed E-state index contributed by atoms with van der Waals surface area (Å²) >= 11 is 6.09. The van der Waals surface area contributed by atoms with Crippen LogP contribution in [0, 0.1) is 5.82 Å². The van der Waals surface area contributed by atoms with E-state index in [9.17, 15) is 4.39 Å². The van der Waals surface area contributed by atoms with Gasteiger partial charge >= 0.3 is 0 Å². The molecule has 0 spiro atoms. The van der Waals surface area contributed by atoms with E-state index in [-0.39, 0.29) is 18.2 Å². The van der Waals surface area contributed by atoms with Crippen LogP contribution in [0.1, 0.15) is 37.3 Å². The van der Waals surface area contributed by atoms with Crippen molar-refractivity contribution in [3.8, 4) is 5.75 Å². The van der Waals surface area contributed by atoms with Gasteiger partial charge in [0.05, 0.1) is 0 Å². The molecule has 5 heteroatoms. The summed E-state index contributed by atoms with van der Waals surface area (Å²) in [4.78, 5) is 0. The van der Waals surface area contributed by atoms with Gasteiger partial charge in [-0.3, -0.25) is 0 Å². The summed E-state index contributed by atoms with van der Waals surface area (Å²) in [7, 11) is 0. The summed E-state index contributed by atoms with van der Waals surface area (Å²) < 4.78 is 18.8. The van der Waals surface area contributed by atoms with Crippen LogP contribution in [0.3, 0.4) is 0 Å². The zero-order valence-electron chi connectivity index (χ0n) is 13.9. The lowest BCUT2D eigenvalue weighted by Crippen LogP contribution is -2.15. The maximum Gasteiger partial charge on any atom is 0.124 e. The van der Waals surface area contributed by atoms with E-state index in [0.717, 1.165) is 30.0 Å². The molecule has 2 aromatic carbocycles. The Balaban J connectivity index is 0.00000288. The highest BCUT2D eigenvalue weighted by Gasteiger charge is 2.05. The van der Waals surface area contributed by atoms with Crippen LogP contribution in [-0.4, -0.2) is 6.54 Å². The van der Waals surface area contributed by atoms with Gasteiger partial charge in [-0.2, -0.15) is 0 Å². The van der Waals surface area contributed by atoms with Gasteiger partial charge in [0.2, 0.25) is 0 Å². The zero-order chi connectivity index (χ0) is 16.5. The predicted molar refractivity (Wildman–Crippen MR) is 101 cm³/mol. The predicted octanol–water partition coefficient (Wildman–Crippen LogP) is 5.76. The molecule has 0 fully saturated rings. The lowest BCUT2D eigenvalue weighted by Gasteiger charge is -2.13. The summed E-state index contributed by atoms with van der Waals surface area (Å²) in [5, 5.41) is 4.12. The van der Waals surface area contributed by atoms with E-state index < -0.39 is 0 Å². The van der Waals surface area contributed by atoms with Gasteiger partial charge in [-0.15, -0.1) is 12.4 Å². The number of hydrogen-bond donors (Lipinski definition) is 1. The molecule has 24 heavy (non-hydrogen) atoms. The van der Waals surface area contributed by atoms with Crippen molar-refractivity contribution in [3.63, 3.8) is 0 Å². The molecule has 0 saturated carbocycles. The third-order valence-corrected chi connectivity index (χ3v) is 3.84. The van der Waals surface area contributed by atoms with Crippen LogP contribution < -0.4 is 10.1 Å². The average molecular weight is 372 g/mol. The maximum atomic E-state index is 12.9. The number of rotatable bonds is 9. The molecule has 0 bridgehead atoms.